The molecule has 0 unspecified atom stereocenters. The van der Waals surface area contributed by atoms with E-state index < -0.39 is 0 Å². The van der Waals surface area contributed by atoms with E-state index in [0.717, 1.165) is 33.4 Å². The van der Waals surface area contributed by atoms with Crippen LogP contribution in [0.25, 0.3) is 33.5 Å². The zero-order valence-corrected chi connectivity index (χ0v) is 19.3. The van der Waals surface area contributed by atoms with Gasteiger partial charge in [0.2, 0.25) is 5.91 Å². The van der Waals surface area contributed by atoms with Gasteiger partial charge in [-0.05, 0) is 42.8 Å². The van der Waals surface area contributed by atoms with Gasteiger partial charge in [-0.25, -0.2) is 9.31 Å². The number of ether oxygens (including phenoxy) is 1. The van der Waals surface area contributed by atoms with Crippen LogP contribution < -0.4 is 5.69 Å². The van der Waals surface area contributed by atoms with Crippen LogP contribution in [0.15, 0.2) is 71.9 Å². The Labute approximate surface area is 200 Å². The number of amides is 1. The molecular weight excluding hydrogens is 444 g/mol. The lowest BCUT2D eigenvalue weighted by atomic mass is 10.1. The SMILES string of the molecule is Cc1cccc2c1n(-c1ccc(-c3cnn4ccccc34)nc1)c(=O)n2CC(=O)N1CCOCC1. The van der Waals surface area contributed by atoms with E-state index in [2.05, 4.69) is 10.1 Å². The van der Waals surface area contributed by atoms with Crippen LogP contribution in [0.5, 0.6) is 0 Å². The first-order valence-electron chi connectivity index (χ1n) is 11.6. The Morgan fingerprint density at radius 1 is 1.00 bits per heavy atom. The molecule has 9 heteroatoms. The van der Waals surface area contributed by atoms with Crippen molar-refractivity contribution in [3.63, 3.8) is 0 Å². The van der Waals surface area contributed by atoms with Gasteiger partial charge in [0.05, 0.1) is 53.5 Å². The molecule has 0 atom stereocenters. The first-order chi connectivity index (χ1) is 17.1. The molecule has 0 saturated carbocycles. The molecule has 176 valence electrons. The van der Waals surface area contributed by atoms with Gasteiger partial charge in [0.15, 0.2) is 0 Å². The third kappa shape index (κ3) is 3.60. The van der Waals surface area contributed by atoms with Crippen LogP contribution in [0.3, 0.4) is 0 Å². The maximum absolute atomic E-state index is 13.6. The van der Waals surface area contributed by atoms with E-state index in [1.807, 2.05) is 61.7 Å². The summed E-state index contributed by atoms with van der Waals surface area (Å²) in [5, 5.41) is 4.39. The van der Waals surface area contributed by atoms with Gasteiger partial charge in [0, 0.05) is 24.8 Å². The van der Waals surface area contributed by atoms with Crippen molar-refractivity contribution in [3.05, 3.63) is 83.2 Å². The zero-order chi connectivity index (χ0) is 23.9. The molecule has 1 fully saturated rings. The van der Waals surface area contributed by atoms with E-state index in [1.165, 1.54) is 0 Å². The second-order valence-corrected chi connectivity index (χ2v) is 8.63. The lowest BCUT2D eigenvalue weighted by molar-refractivity contribution is -0.135. The van der Waals surface area contributed by atoms with Crippen LogP contribution in [0, 0.1) is 6.92 Å². The first-order valence-corrected chi connectivity index (χ1v) is 11.6. The largest absolute Gasteiger partial charge is 0.378 e. The molecule has 1 aliphatic rings. The highest BCUT2D eigenvalue weighted by Crippen LogP contribution is 2.25. The van der Waals surface area contributed by atoms with Crippen molar-refractivity contribution >= 4 is 22.5 Å². The number of para-hydroxylation sites is 1. The standard InChI is InChI=1S/C26H24N6O3/c1-18-5-4-7-23-25(18)32(26(34)30(23)17-24(33)29-11-13-35-14-12-29)19-8-9-21(27-15-19)20-16-28-31-10-3-2-6-22(20)31/h2-10,15-16H,11-14,17H2,1H3. The number of rotatable bonds is 4. The summed E-state index contributed by atoms with van der Waals surface area (Å²) in [7, 11) is 0. The highest BCUT2D eigenvalue weighted by atomic mass is 16.5. The predicted molar refractivity (Wildman–Crippen MR) is 132 cm³/mol. The minimum absolute atomic E-state index is 0.0142. The van der Waals surface area contributed by atoms with Crippen molar-refractivity contribution in [1.29, 1.82) is 0 Å². The smallest absolute Gasteiger partial charge is 0.334 e. The Balaban J connectivity index is 1.42. The summed E-state index contributed by atoms with van der Waals surface area (Å²) < 4.78 is 10.4. The second kappa shape index (κ2) is 8.52. The van der Waals surface area contributed by atoms with E-state index in [-0.39, 0.29) is 18.1 Å². The Hall–Kier alpha value is -4.24. The van der Waals surface area contributed by atoms with Gasteiger partial charge in [-0.15, -0.1) is 0 Å². The van der Waals surface area contributed by atoms with Crippen LogP contribution in [-0.2, 0) is 16.1 Å². The quantitative estimate of drug-likeness (QED) is 0.405. The number of nitrogens with zero attached hydrogens (tertiary/aromatic N) is 6. The summed E-state index contributed by atoms with van der Waals surface area (Å²) in [6.07, 6.45) is 5.38. The molecule has 0 aliphatic carbocycles. The fourth-order valence-corrected chi connectivity index (χ4v) is 4.72. The Morgan fingerprint density at radius 3 is 2.63 bits per heavy atom. The number of carbonyl (C=O) groups is 1. The normalized spacial score (nSPS) is 14.1. The van der Waals surface area contributed by atoms with E-state index in [9.17, 15) is 9.59 Å². The van der Waals surface area contributed by atoms with Crippen LogP contribution in [0.1, 0.15) is 5.56 Å². The lowest BCUT2D eigenvalue weighted by Crippen LogP contribution is -2.43. The molecule has 0 radical (unpaired) electrons. The summed E-state index contributed by atoms with van der Waals surface area (Å²) in [4.78, 5) is 33.0. The van der Waals surface area contributed by atoms with Gasteiger partial charge in [-0.2, -0.15) is 5.10 Å². The summed E-state index contributed by atoms with van der Waals surface area (Å²) in [6.45, 7) is 4.08. The highest BCUT2D eigenvalue weighted by Gasteiger charge is 2.22. The number of aromatic nitrogens is 5. The minimum Gasteiger partial charge on any atom is -0.378 e. The maximum Gasteiger partial charge on any atom is 0.334 e. The van der Waals surface area contributed by atoms with Gasteiger partial charge in [-0.1, -0.05) is 18.2 Å². The topological polar surface area (TPSA) is 86.7 Å². The second-order valence-electron chi connectivity index (χ2n) is 8.63. The third-order valence-corrected chi connectivity index (χ3v) is 6.52. The molecular formula is C26H24N6O3. The summed E-state index contributed by atoms with van der Waals surface area (Å²) >= 11 is 0. The van der Waals surface area contributed by atoms with E-state index in [1.54, 1.807) is 30.9 Å². The average molecular weight is 469 g/mol. The van der Waals surface area contributed by atoms with Crippen LogP contribution in [0.2, 0.25) is 0 Å². The Morgan fingerprint density at radius 2 is 1.83 bits per heavy atom. The molecule has 6 rings (SSSR count). The monoisotopic (exact) mass is 468 g/mol. The van der Waals surface area contributed by atoms with Crippen molar-refractivity contribution in [2.24, 2.45) is 0 Å². The highest BCUT2D eigenvalue weighted by molar-refractivity contribution is 5.84. The summed E-state index contributed by atoms with van der Waals surface area (Å²) in [5.41, 5.74) is 5.47. The lowest BCUT2D eigenvalue weighted by Gasteiger charge is -2.26. The van der Waals surface area contributed by atoms with Gasteiger partial charge in [0.25, 0.3) is 0 Å². The number of hydrogen-bond donors (Lipinski definition) is 0. The number of aryl methyl sites for hydroxylation is 1. The van der Waals surface area contributed by atoms with Crippen molar-refractivity contribution in [2.75, 3.05) is 26.3 Å². The molecule has 1 amide bonds. The number of morpholine rings is 1. The maximum atomic E-state index is 13.6. The fraction of sp³-hybridized carbons (Fsp3) is 0.231. The predicted octanol–water partition coefficient (Wildman–Crippen LogP) is 2.67. The Kier molecular flexibility index (Phi) is 5.18. The number of benzene rings is 1. The first kappa shape index (κ1) is 21.3. The molecule has 4 aromatic heterocycles. The van der Waals surface area contributed by atoms with Crippen LogP contribution in [0.4, 0.5) is 0 Å². The van der Waals surface area contributed by atoms with Crippen molar-refractivity contribution in [1.82, 2.24) is 28.6 Å². The van der Waals surface area contributed by atoms with E-state index in [0.29, 0.717) is 32.0 Å². The molecule has 35 heavy (non-hydrogen) atoms. The molecule has 5 heterocycles. The molecule has 1 aromatic carbocycles. The molecule has 1 saturated heterocycles. The van der Waals surface area contributed by atoms with Crippen molar-refractivity contribution in [2.45, 2.75) is 13.5 Å². The molecule has 0 N–H and O–H groups in total. The van der Waals surface area contributed by atoms with Gasteiger partial charge < -0.3 is 9.64 Å². The molecule has 0 spiro atoms. The number of pyridine rings is 2. The molecule has 9 nitrogen and oxygen atoms in total. The van der Waals surface area contributed by atoms with Crippen molar-refractivity contribution in [3.8, 4) is 16.9 Å². The molecule has 1 aliphatic heterocycles. The summed E-state index contributed by atoms with van der Waals surface area (Å²) in [6, 6.07) is 15.4. The van der Waals surface area contributed by atoms with Crippen LogP contribution in [-0.4, -0.2) is 60.8 Å². The van der Waals surface area contributed by atoms with E-state index in [4.69, 9.17) is 4.74 Å². The summed E-state index contributed by atoms with van der Waals surface area (Å²) in [5.74, 6) is -0.0856. The Bertz CT molecular complexity index is 1610. The number of imidazole rings is 1. The van der Waals surface area contributed by atoms with Crippen molar-refractivity contribution < 1.29 is 9.53 Å². The minimum atomic E-state index is -0.263. The number of carbonyl (C=O) groups excluding carboxylic acids is 1. The van der Waals surface area contributed by atoms with Gasteiger partial charge >= 0.3 is 5.69 Å². The van der Waals surface area contributed by atoms with Crippen LogP contribution >= 0.6 is 0 Å². The fourth-order valence-electron chi connectivity index (χ4n) is 4.72. The number of fused-ring (bicyclic) bond motifs is 2. The van der Waals surface area contributed by atoms with E-state index >= 15 is 0 Å². The van der Waals surface area contributed by atoms with Gasteiger partial charge in [0.1, 0.15) is 6.54 Å². The van der Waals surface area contributed by atoms with Gasteiger partial charge in [-0.3, -0.25) is 18.9 Å². The molecule has 0 bridgehead atoms. The third-order valence-electron chi connectivity index (χ3n) is 6.52. The zero-order valence-electron chi connectivity index (χ0n) is 19.3. The molecule has 5 aromatic rings. The number of hydrogen-bond acceptors (Lipinski definition) is 5. The average Bonchev–Trinajstić information content (AvgIpc) is 3.45.